The van der Waals surface area contributed by atoms with Gasteiger partial charge in [-0.3, -0.25) is 0 Å². The second-order valence-corrected chi connectivity index (χ2v) is 7.65. The lowest BCUT2D eigenvalue weighted by Gasteiger charge is -2.22. The van der Waals surface area contributed by atoms with Crippen LogP contribution in [0.4, 0.5) is 5.69 Å². The first kappa shape index (κ1) is 16.6. The van der Waals surface area contributed by atoms with Crippen molar-refractivity contribution in [1.29, 1.82) is 0 Å². The van der Waals surface area contributed by atoms with Gasteiger partial charge in [-0.25, -0.2) is 4.98 Å². The Labute approximate surface area is 153 Å². The third-order valence-corrected chi connectivity index (χ3v) is 5.72. The Bertz CT molecular complexity index is 807. The van der Waals surface area contributed by atoms with E-state index in [9.17, 15) is 0 Å². The number of piperidine rings is 1. The highest BCUT2D eigenvalue weighted by atomic mass is 32.1. The van der Waals surface area contributed by atoms with Gasteiger partial charge in [0.05, 0.1) is 11.2 Å². The molecule has 2 N–H and O–H groups in total. The van der Waals surface area contributed by atoms with E-state index in [2.05, 4.69) is 57.8 Å². The number of fused-ring (bicyclic) bond motifs is 1. The molecule has 3 aromatic rings. The van der Waals surface area contributed by atoms with E-state index in [1.54, 1.807) is 11.3 Å². The molecule has 130 valence electrons. The molecule has 0 spiro atoms. The minimum atomic E-state index is 0.853. The summed E-state index contributed by atoms with van der Waals surface area (Å²) in [5.41, 5.74) is 4.52. The fourth-order valence-electron chi connectivity index (χ4n) is 3.66. The number of benzene rings is 1. The van der Waals surface area contributed by atoms with Gasteiger partial charge in [0.2, 0.25) is 0 Å². The normalized spacial score (nSPS) is 17.7. The minimum Gasteiger partial charge on any atom is -0.384 e. The highest BCUT2D eigenvalue weighted by molar-refractivity contribution is 7.08. The molecular weight excluding hydrogens is 326 g/mol. The van der Waals surface area contributed by atoms with Gasteiger partial charge in [0.1, 0.15) is 0 Å². The second-order valence-electron chi connectivity index (χ2n) is 6.87. The van der Waals surface area contributed by atoms with Crippen LogP contribution < -0.4 is 10.6 Å². The molecular formula is C21H25N3S. The zero-order valence-electron chi connectivity index (χ0n) is 14.5. The molecule has 25 heavy (non-hydrogen) atoms. The van der Waals surface area contributed by atoms with Crippen LogP contribution in [-0.4, -0.2) is 24.6 Å². The average molecular weight is 352 g/mol. The van der Waals surface area contributed by atoms with Crippen molar-refractivity contribution in [3.8, 4) is 11.3 Å². The van der Waals surface area contributed by atoms with Gasteiger partial charge in [-0.1, -0.05) is 18.2 Å². The standard InChI is InChI=1S/C21H25N3S/c1-2-8-19-18(7-1)21(13-20(24-19)17-9-12-25-15-17)23-11-4-6-16-5-3-10-22-14-16/h1-2,7-9,12-13,15-16,22H,3-6,10-11,14H2,(H,23,24). The second kappa shape index (κ2) is 7.98. The van der Waals surface area contributed by atoms with Gasteiger partial charge in [-0.15, -0.1) is 0 Å². The van der Waals surface area contributed by atoms with Crippen molar-refractivity contribution < 1.29 is 0 Å². The van der Waals surface area contributed by atoms with Gasteiger partial charge in [0.25, 0.3) is 0 Å². The van der Waals surface area contributed by atoms with E-state index in [0.29, 0.717) is 0 Å². The van der Waals surface area contributed by atoms with Crippen molar-refractivity contribution in [3.63, 3.8) is 0 Å². The number of nitrogens with one attached hydrogen (secondary N) is 2. The van der Waals surface area contributed by atoms with Crippen LogP contribution in [0.25, 0.3) is 22.2 Å². The van der Waals surface area contributed by atoms with E-state index >= 15 is 0 Å². The van der Waals surface area contributed by atoms with E-state index in [4.69, 9.17) is 4.98 Å². The molecule has 0 bridgehead atoms. The molecule has 0 radical (unpaired) electrons. The summed E-state index contributed by atoms with van der Waals surface area (Å²) in [5, 5.41) is 12.7. The number of hydrogen-bond donors (Lipinski definition) is 2. The Hall–Kier alpha value is -1.91. The van der Waals surface area contributed by atoms with Crippen molar-refractivity contribution in [3.05, 3.63) is 47.2 Å². The van der Waals surface area contributed by atoms with Crippen LogP contribution in [0.2, 0.25) is 0 Å². The molecule has 4 heteroatoms. The molecule has 1 atom stereocenters. The number of anilines is 1. The van der Waals surface area contributed by atoms with Crippen LogP contribution in [0.5, 0.6) is 0 Å². The summed E-state index contributed by atoms with van der Waals surface area (Å²) >= 11 is 1.72. The fourth-order valence-corrected chi connectivity index (χ4v) is 4.31. The predicted octanol–water partition coefficient (Wildman–Crippen LogP) is 5.16. The van der Waals surface area contributed by atoms with Gasteiger partial charge in [-0.2, -0.15) is 11.3 Å². The zero-order valence-corrected chi connectivity index (χ0v) is 15.3. The van der Waals surface area contributed by atoms with E-state index < -0.39 is 0 Å². The van der Waals surface area contributed by atoms with E-state index in [1.165, 1.54) is 55.4 Å². The zero-order chi connectivity index (χ0) is 16.9. The first-order chi connectivity index (χ1) is 12.4. The molecule has 3 nitrogen and oxygen atoms in total. The van der Waals surface area contributed by atoms with Gasteiger partial charge >= 0.3 is 0 Å². The smallest absolute Gasteiger partial charge is 0.0738 e. The summed E-state index contributed by atoms with van der Waals surface area (Å²) in [6, 6.07) is 12.8. The number of hydrogen-bond acceptors (Lipinski definition) is 4. The third kappa shape index (κ3) is 4.02. The Balaban J connectivity index is 1.47. The number of aromatic nitrogens is 1. The molecule has 1 aliphatic heterocycles. The lowest BCUT2D eigenvalue weighted by atomic mass is 9.95. The predicted molar refractivity (Wildman–Crippen MR) is 108 cm³/mol. The maximum absolute atomic E-state index is 4.84. The summed E-state index contributed by atoms with van der Waals surface area (Å²) in [6.45, 7) is 3.41. The number of thiophene rings is 1. The highest BCUT2D eigenvalue weighted by Crippen LogP contribution is 2.29. The van der Waals surface area contributed by atoms with Gasteiger partial charge in [-0.05, 0) is 68.3 Å². The number of para-hydroxylation sites is 1. The van der Waals surface area contributed by atoms with E-state index in [1.807, 2.05) is 0 Å². The Morgan fingerprint density at radius 1 is 1.24 bits per heavy atom. The van der Waals surface area contributed by atoms with Crippen molar-refractivity contribution in [2.75, 3.05) is 25.0 Å². The number of nitrogens with zero attached hydrogens (tertiary/aromatic N) is 1. The lowest BCUT2D eigenvalue weighted by Crippen LogP contribution is -2.29. The quantitative estimate of drug-likeness (QED) is 0.603. The molecule has 1 aliphatic rings. The Morgan fingerprint density at radius 3 is 3.04 bits per heavy atom. The van der Waals surface area contributed by atoms with Crippen LogP contribution >= 0.6 is 11.3 Å². The molecule has 1 saturated heterocycles. The first-order valence-electron chi connectivity index (χ1n) is 9.27. The largest absolute Gasteiger partial charge is 0.384 e. The van der Waals surface area contributed by atoms with E-state index in [0.717, 1.165) is 23.7 Å². The summed E-state index contributed by atoms with van der Waals surface area (Å²) in [7, 11) is 0. The summed E-state index contributed by atoms with van der Waals surface area (Å²) in [5.74, 6) is 0.853. The average Bonchev–Trinajstić information content (AvgIpc) is 3.20. The van der Waals surface area contributed by atoms with Crippen LogP contribution in [0.3, 0.4) is 0 Å². The van der Waals surface area contributed by atoms with Crippen molar-refractivity contribution in [1.82, 2.24) is 10.3 Å². The maximum Gasteiger partial charge on any atom is 0.0738 e. The summed E-state index contributed by atoms with van der Waals surface area (Å²) in [6.07, 6.45) is 5.24. The van der Waals surface area contributed by atoms with Crippen LogP contribution in [0.1, 0.15) is 25.7 Å². The SMILES string of the molecule is c1ccc2c(NCCCC3CCCNC3)cc(-c3ccsc3)nc2c1. The third-order valence-electron chi connectivity index (χ3n) is 5.04. The van der Waals surface area contributed by atoms with Gasteiger partial charge in [0, 0.05) is 28.6 Å². The maximum atomic E-state index is 4.84. The topological polar surface area (TPSA) is 37.0 Å². The number of pyridine rings is 1. The van der Waals surface area contributed by atoms with Crippen LogP contribution in [0, 0.1) is 5.92 Å². The fraction of sp³-hybridized carbons (Fsp3) is 0.381. The molecule has 0 amide bonds. The van der Waals surface area contributed by atoms with Crippen LogP contribution in [-0.2, 0) is 0 Å². The molecule has 1 unspecified atom stereocenters. The molecule has 0 aliphatic carbocycles. The molecule has 4 rings (SSSR count). The highest BCUT2D eigenvalue weighted by Gasteiger charge is 2.12. The van der Waals surface area contributed by atoms with Crippen molar-refractivity contribution >= 4 is 27.9 Å². The molecule has 0 saturated carbocycles. The van der Waals surface area contributed by atoms with Crippen molar-refractivity contribution in [2.45, 2.75) is 25.7 Å². The molecule has 1 aromatic carbocycles. The molecule has 2 aromatic heterocycles. The summed E-state index contributed by atoms with van der Waals surface area (Å²) < 4.78 is 0. The summed E-state index contributed by atoms with van der Waals surface area (Å²) in [4.78, 5) is 4.84. The Kier molecular flexibility index (Phi) is 5.28. The van der Waals surface area contributed by atoms with Gasteiger partial charge < -0.3 is 10.6 Å². The molecule has 1 fully saturated rings. The minimum absolute atomic E-state index is 0.853. The van der Waals surface area contributed by atoms with Gasteiger partial charge in [0.15, 0.2) is 0 Å². The molecule has 3 heterocycles. The monoisotopic (exact) mass is 351 g/mol. The van der Waals surface area contributed by atoms with Crippen molar-refractivity contribution in [2.24, 2.45) is 5.92 Å². The Morgan fingerprint density at radius 2 is 2.20 bits per heavy atom. The lowest BCUT2D eigenvalue weighted by molar-refractivity contribution is 0.353. The first-order valence-corrected chi connectivity index (χ1v) is 10.2. The number of rotatable bonds is 6. The van der Waals surface area contributed by atoms with E-state index in [-0.39, 0.29) is 0 Å². The van der Waals surface area contributed by atoms with Crippen LogP contribution in [0.15, 0.2) is 47.2 Å².